The molecule has 0 aliphatic rings. The Balaban J connectivity index is 2.11. The van der Waals surface area contributed by atoms with E-state index >= 15 is 0 Å². The normalized spacial score (nSPS) is 13.5. The van der Waals surface area contributed by atoms with Crippen LogP contribution in [0, 0.1) is 0 Å². The smallest absolute Gasteiger partial charge is 0.125 e. The predicted octanol–water partition coefficient (Wildman–Crippen LogP) is 3.54. The molecule has 2 aromatic rings. The van der Waals surface area contributed by atoms with Crippen LogP contribution >= 0.6 is 0 Å². The van der Waals surface area contributed by atoms with Crippen molar-refractivity contribution in [1.82, 2.24) is 5.32 Å². The summed E-state index contributed by atoms with van der Waals surface area (Å²) < 4.78 is 17.9. The SMILES string of the molecule is CCS(=O)c1ccc(OC(CCNC)c2ccccc2)cc1. The number of nitrogens with one attached hydrogen (secondary N) is 1. The van der Waals surface area contributed by atoms with Crippen molar-refractivity contribution in [2.45, 2.75) is 24.3 Å². The molecule has 0 bridgehead atoms. The summed E-state index contributed by atoms with van der Waals surface area (Å²) in [6, 6.07) is 17.8. The van der Waals surface area contributed by atoms with Crippen LogP contribution in [-0.2, 0) is 10.8 Å². The lowest BCUT2D eigenvalue weighted by atomic mass is 10.1. The van der Waals surface area contributed by atoms with E-state index in [1.807, 2.05) is 56.4 Å². The summed E-state index contributed by atoms with van der Waals surface area (Å²) in [6.07, 6.45) is 0.902. The zero-order valence-corrected chi connectivity index (χ0v) is 13.9. The topological polar surface area (TPSA) is 38.3 Å². The van der Waals surface area contributed by atoms with Gasteiger partial charge in [0.15, 0.2) is 0 Å². The minimum atomic E-state index is -0.918. The first-order valence-corrected chi connectivity index (χ1v) is 8.91. The van der Waals surface area contributed by atoms with Crippen LogP contribution in [0.1, 0.15) is 25.0 Å². The van der Waals surface area contributed by atoms with Gasteiger partial charge in [-0.05, 0) is 43.4 Å². The van der Waals surface area contributed by atoms with Gasteiger partial charge in [-0.25, -0.2) is 0 Å². The molecule has 0 fully saturated rings. The van der Waals surface area contributed by atoms with E-state index < -0.39 is 10.8 Å². The molecule has 118 valence electrons. The maximum atomic E-state index is 11.8. The first-order valence-electron chi connectivity index (χ1n) is 7.59. The van der Waals surface area contributed by atoms with Crippen LogP contribution in [0.2, 0.25) is 0 Å². The Morgan fingerprint density at radius 2 is 1.77 bits per heavy atom. The summed E-state index contributed by atoms with van der Waals surface area (Å²) in [4.78, 5) is 0.848. The van der Waals surface area contributed by atoms with E-state index in [0.717, 1.165) is 23.6 Å². The van der Waals surface area contributed by atoms with Crippen molar-refractivity contribution in [3.63, 3.8) is 0 Å². The van der Waals surface area contributed by atoms with Crippen molar-refractivity contribution in [2.75, 3.05) is 19.3 Å². The van der Waals surface area contributed by atoms with E-state index in [4.69, 9.17) is 4.74 Å². The highest BCUT2D eigenvalue weighted by molar-refractivity contribution is 7.85. The Morgan fingerprint density at radius 1 is 1.09 bits per heavy atom. The molecule has 0 aromatic heterocycles. The Kier molecular flexibility index (Phi) is 6.62. The Hall–Kier alpha value is -1.65. The molecule has 2 aromatic carbocycles. The van der Waals surface area contributed by atoms with Gasteiger partial charge in [0, 0.05) is 17.1 Å². The number of hydrogen-bond acceptors (Lipinski definition) is 3. The van der Waals surface area contributed by atoms with Crippen molar-refractivity contribution in [2.24, 2.45) is 0 Å². The summed E-state index contributed by atoms with van der Waals surface area (Å²) >= 11 is 0. The minimum Gasteiger partial charge on any atom is -0.486 e. The lowest BCUT2D eigenvalue weighted by molar-refractivity contribution is 0.195. The molecule has 2 rings (SSSR count). The highest BCUT2D eigenvalue weighted by Crippen LogP contribution is 2.25. The van der Waals surface area contributed by atoms with E-state index in [-0.39, 0.29) is 6.10 Å². The summed E-state index contributed by atoms with van der Waals surface area (Å²) in [5.74, 6) is 1.44. The number of benzene rings is 2. The molecule has 0 amide bonds. The molecule has 0 aliphatic carbocycles. The molecule has 0 heterocycles. The van der Waals surface area contributed by atoms with Gasteiger partial charge in [0.05, 0.1) is 10.8 Å². The van der Waals surface area contributed by atoms with Gasteiger partial charge in [-0.15, -0.1) is 0 Å². The lowest BCUT2D eigenvalue weighted by Crippen LogP contribution is -2.16. The van der Waals surface area contributed by atoms with Crippen molar-refractivity contribution in [1.29, 1.82) is 0 Å². The van der Waals surface area contributed by atoms with Crippen LogP contribution in [0.3, 0.4) is 0 Å². The van der Waals surface area contributed by atoms with Crippen LogP contribution in [-0.4, -0.2) is 23.6 Å². The summed E-state index contributed by atoms with van der Waals surface area (Å²) in [5.41, 5.74) is 1.17. The molecule has 0 radical (unpaired) electrons. The molecule has 1 N–H and O–H groups in total. The molecule has 0 saturated heterocycles. The fraction of sp³-hybridized carbons (Fsp3) is 0.333. The monoisotopic (exact) mass is 317 g/mol. The first-order chi connectivity index (χ1) is 10.7. The minimum absolute atomic E-state index is 0.0103. The zero-order valence-electron chi connectivity index (χ0n) is 13.1. The summed E-state index contributed by atoms with van der Waals surface area (Å²) in [5, 5.41) is 3.17. The number of hydrogen-bond donors (Lipinski definition) is 1. The Bertz CT molecular complexity index is 584. The van der Waals surface area contributed by atoms with Crippen LogP contribution in [0.25, 0.3) is 0 Å². The van der Waals surface area contributed by atoms with Gasteiger partial charge in [0.25, 0.3) is 0 Å². The Morgan fingerprint density at radius 3 is 2.36 bits per heavy atom. The average molecular weight is 317 g/mol. The van der Waals surface area contributed by atoms with Gasteiger partial charge in [-0.2, -0.15) is 0 Å². The maximum absolute atomic E-state index is 11.8. The van der Waals surface area contributed by atoms with Crippen molar-refractivity contribution in [3.05, 3.63) is 60.2 Å². The van der Waals surface area contributed by atoms with Crippen LogP contribution in [0.4, 0.5) is 0 Å². The summed E-state index contributed by atoms with van der Waals surface area (Å²) in [7, 11) is 1.02. The fourth-order valence-corrected chi connectivity index (χ4v) is 3.01. The van der Waals surface area contributed by atoms with Crippen molar-refractivity contribution in [3.8, 4) is 5.75 Å². The van der Waals surface area contributed by atoms with Gasteiger partial charge < -0.3 is 10.1 Å². The molecule has 3 nitrogen and oxygen atoms in total. The first kappa shape index (κ1) is 16.7. The molecule has 22 heavy (non-hydrogen) atoms. The molecule has 2 unspecified atom stereocenters. The van der Waals surface area contributed by atoms with E-state index in [0.29, 0.717) is 5.75 Å². The van der Waals surface area contributed by atoms with E-state index in [1.54, 1.807) is 0 Å². The third-order valence-electron chi connectivity index (χ3n) is 3.46. The molecule has 0 aliphatic heterocycles. The molecule has 0 saturated carbocycles. The second kappa shape index (κ2) is 8.71. The second-order valence-corrected chi connectivity index (χ2v) is 6.75. The highest BCUT2D eigenvalue weighted by Gasteiger charge is 2.13. The molecule has 4 heteroatoms. The van der Waals surface area contributed by atoms with Gasteiger partial charge in [0.2, 0.25) is 0 Å². The van der Waals surface area contributed by atoms with Crippen molar-refractivity contribution < 1.29 is 8.95 Å². The largest absolute Gasteiger partial charge is 0.486 e. The predicted molar refractivity (Wildman–Crippen MR) is 91.7 cm³/mol. The number of ether oxygens (including phenoxy) is 1. The quantitative estimate of drug-likeness (QED) is 0.809. The van der Waals surface area contributed by atoms with E-state index in [9.17, 15) is 4.21 Å². The van der Waals surface area contributed by atoms with E-state index in [1.165, 1.54) is 5.56 Å². The molecular formula is C18H23NO2S. The molecule has 2 atom stereocenters. The van der Waals surface area contributed by atoms with E-state index in [2.05, 4.69) is 17.4 Å². The van der Waals surface area contributed by atoms with Gasteiger partial charge in [0.1, 0.15) is 11.9 Å². The van der Waals surface area contributed by atoms with Gasteiger partial charge >= 0.3 is 0 Å². The van der Waals surface area contributed by atoms with Crippen LogP contribution < -0.4 is 10.1 Å². The summed E-state index contributed by atoms with van der Waals surface area (Å²) in [6.45, 7) is 2.81. The number of rotatable bonds is 8. The highest BCUT2D eigenvalue weighted by atomic mass is 32.2. The van der Waals surface area contributed by atoms with Gasteiger partial charge in [-0.3, -0.25) is 4.21 Å². The fourth-order valence-electron chi connectivity index (χ4n) is 2.24. The third-order valence-corrected chi connectivity index (χ3v) is 4.78. The van der Waals surface area contributed by atoms with Gasteiger partial charge in [-0.1, -0.05) is 37.3 Å². The zero-order chi connectivity index (χ0) is 15.8. The maximum Gasteiger partial charge on any atom is 0.125 e. The lowest BCUT2D eigenvalue weighted by Gasteiger charge is -2.19. The van der Waals surface area contributed by atoms with Crippen molar-refractivity contribution >= 4 is 10.8 Å². The standard InChI is InChI=1S/C18H23NO2S/c1-3-22(20)17-11-9-16(10-12-17)21-18(13-14-19-2)15-7-5-4-6-8-15/h4-12,18-19H,3,13-14H2,1-2H3. The molecule has 0 spiro atoms. The second-order valence-electron chi connectivity index (χ2n) is 5.02. The van der Waals surface area contributed by atoms with Crippen LogP contribution in [0.5, 0.6) is 5.75 Å². The molecular weight excluding hydrogens is 294 g/mol. The average Bonchev–Trinajstić information content (AvgIpc) is 2.59. The Labute approximate surface area is 135 Å². The third kappa shape index (κ3) is 4.68. The van der Waals surface area contributed by atoms with Crippen LogP contribution in [0.15, 0.2) is 59.5 Å².